The summed E-state index contributed by atoms with van der Waals surface area (Å²) < 4.78 is 17.9. The molecule has 0 atom stereocenters. The molecule has 0 radical (unpaired) electrons. The van der Waals surface area contributed by atoms with Crippen LogP contribution in [-0.4, -0.2) is 24.8 Å². The van der Waals surface area contributed by atoms with Crippen molar-refractivity contribution in [3.8, 4) is 17.0 Å². The molecule has 1 fully saturated rings. The highest BCUT2D eigenvalue weighted by molar-refractivity contribution is 5.60. The molecule has 4 nitrogen and oxygen atoms in total. The Bertz CT molecular complexity index is 751. The second-order valence-electron chi connectivity index (χ2n) is 9.33. The summed E-state index contributed by atoms with van der Waals surface area (Å²) in [5.74, 6) is 1.45. The number of ether oxygens (including phenoxy) is 3. The molecule has 0 spiro atoms. The van der Waals surface area contributed by atoms with Crippen molar-refractivity contribution in [2.75, 3.05) is 19.8 Å². The smallest absolute Gasteiger partial charge is 0.185 e. The van der Waals surface area contributed by atoms with Gasteiger partial charge in [-0.15, -0.1) is 0 Å². The lowest BCUT2D eigenvalue weighted by Crippen LogP contribution is -2.27. The maximum Gasteiger partial charge on any atom is 0.185 e. The Kier molecular flexibility index (Phi) is 11.7. The number of benzene rings is 1. The van der Waals surface area contributed by atoms with Crippen LogP contribution < -0.4 is 4.74 Å². The van der Waals surface area contributed by atoms with Crippen LogP contribution in [0.5, 0.6) is 5.75 Å². The van der Waals surface area contributed by atoms with Gasteiger partial charge in [-0.05, 0) is 43.2 Å². The zero-order valence-corrected chi connectivity index (χ0v) is 20.8. The van der Waals surface area contributed by atoms with E-state index in [0.717, 1.165) is 48.8 Å². The SMILES string of the molecule is CCCCCCCCOc1ccc(-c2ccc(C3OCC(CCCCCC)CO3)cn2)cc1. The summed E-state index contributed by atoms with van der Waals surface area (Å²) in [4.78, 5) is 4.65. The monoisotopic (exact) mass is 453 g/mol. The molecule has 1 aliphatic rings. The summed E-state index contributed by atoms with van der Waals surface area (Å²) >= 11 is 0. The van der Waals surface area contributed by atoms with Crippen LogP contribution in [0.15, 0.2) is 42.6 Å². The highest BCUT2D eigenvalue weighted by Gasteiger charge is 2.23. The van der Waals surface area contributed by atoms with Crippen molar-refractivity contribution in [1.82, 2.24) is 4.98 Å². The minimum absolute atomic E-state index is 0.295. The van der Waals surface area contributed by atoms with Gasteiger partial charge >= 0.3 is 0 Å². The Hall–Kier alpha value is -1.91. The third-order valence-corrected chi connectivity index (χ3v) is 6.41. The Morgan fingerprint density at radius 2 is 1.45 bits per heavy atom. The molecular weight excluding hydrogens is 410 g/mol. The molecule has 0 N–H and O–H groups in total. The van der Waals surface area contributed by atoms with Gasteiger partial charge in [0, 0.05) is 23.2 Å². The number of rotatable bonds is 15. The fourth-order valence-corrected chi connectivity index (χ4v) is 4.27. The molecule has 1 aromatic heterocycles. The number of nitrogens with zero attached hydrogens (tertiary/aromatic N) is 1. The molecule has 2 aromatic rings. The number of aromatic nitrogens is 1. The predicted octanol–water partition coefficient (Wildman–Crippen LogP) is 8.12. The Morgan fingerprint density at radius 1 is 0.788 bits per heavy atom. The van der Waals surface area contributed by atoms with E-state index in [1.54, 1.807) is 0 Å². The minimum Gasteiger partial charge on any atom is -0.494 e. The average Bonchev–Trinajstić information content (AvgIpc) is 2.87. The predicted molar refractivity (Wildman–Crippen MR) is 135 cm³/mol. The lowest BCUT2D eigenvalue weighted by molar-refractivity contribution is -0.206. The summed E-state index contributed by atoms with van der Waals surface area (Å²) in [5.41, 5.74) is 3.03. The van der Waals surface area contributed by atoms with Gasteiger partial charge in [0.15, 0.2) is 6.29 Å². The normalized spacial score (nSPS) is 18.4. The minimum atomic E-state index is -0.295. The van der Waals surface area contributed by atoms with Crippen molar-refractivity contribution in [2.24, 2.45) is 5.92 Å². The van der Waals surface area contributed by atoms with Crippen LogP contribution in [0.4, 0.5) is 0 Å². The van der Waals surface area contributed by atoms with Gasteiger partial charge in [0.05, 0.1) is 25.5 Å². The van der Waals surface area contributed by atoms with E-state index in [4.69, 9.17) is 14.2 Å². The Balaban J connectivity index is 1.39. The molecule has 2 heterocycles. The largest absolute Gasteiger partial charge is 0.494 e. The van der Waals surface area contributed by atoms with Crippen molar-refractivity contribution in [3.63, 3.8) is 0 Å². The van der Waals surface area contributed by atoms with Crippen LogP contribution >= 0.6 is 0 Å². The van der Waals surface area contributed by atoms with Gasteiger partial charge in [-0.2, -0.15) is 0 Å². The molecule has 0 saturated carbocycles. The molecule has 1 saturated heterocycles. The lowest BCUT2D eigenvalue weighted by atomic mass is 10.0. The van der Waals surface area contributed by atoms with Crippen LogP contribution in [-0.2, 0) is 9.47 Å². The van der Waals surface area contributed by atoms with Crippen LogP contribution in [0.1, 0.15) is 96.3 Å². The van der Waals surface area contributed by atoms with Gasteiger partial charge in [-0.1, -0.05) is 77.7 Å². The van der Waals surface area contributed by atoms with Crippen LogP contribution in [0, 0.1) is 5.92 Å². The molecule has 0 unspecified atom stereocenters. The second-order valence-corrected chi connectivity index (χ2v) is 9.33. The molecule has 182 valence electrons. The number of hydrogen-bond donors (Lipinski definition) is 0. The van der Waals surface area contributed by atoms with E-state index in [9.17, 15) is 0 Å². The molecule has 1 aromatic carbocycles. The first kappa shape index (κ1) is 25.7. The van der Waals surface area contributed by atoms with Crippen LogP contribution in [0.2, 0.25) is 0 Å². The first-order valence-corrected chi connectivity index (χ1v) is 13.2. The van der Waals surface area contributed by atoms with Gasteiger partial charge in [0.25, 0.3) is 0 Å². The molecule has 0 bridgehead atoms. The molecule has 0 amide bonds. The Morgan fingerprint density at radius 3 is 2.12 bits per heavy atom. The number of hydrogen-bond acceptors (Lipinski definition) is 4. The maximum absolute atomic E-state index is 5.99. The van der Waals surface area contributed by atoms with Crippen molar-refractivity contribution in [1.29, 1.82) is 0 Å². The van der Waals surface area contributed by atoms with Crippen molar-refractivity contribution >= 4 is 0 Å². The van der Waals surface area contributed by atoms with E-state index in [1.807, 2.05) is 24.4 Å². The van der Waals surface area contributed by atoms with E-state index in [-0.39, 0.29) is 6.29 Å². The second kappa shape index (κ2) is 15.1. The van der Waals surface area contributed by atoms with Gasteiger partial charge in [0.2, 0.25) is 0 Å². The molecule has 3 rings (SSSR count). The molecular formula is C29H43NO3. The van der Waals surface area contributed by atoms with E-state index in [0.29, 0.717) is 5.92 Å². The van der Waals surface area contributed by atoms with Crippen molar-refractivity contribution in [3.05, 3.63) is 48.2 Å². The zero-order chi connectivity index (χ0) is 23.1. The average molecular weight is 454 g/mol. The highest BCUT2D eigenvalue weighted by Crippen LogP contribution is 2.28. The fraction of sp³-hybridized carbons (Fsp3) is 0.621. The van der Waals surface area contributed by atoms with Crippen LogP contribution in [0.25, 0.3) is 11.3 Å². The first-order chi connectivity index (χ1) is 16.3. The first-order valence-electron chi connectivity index (χ1n) is 13.2. The highest BCUT2D eigenvalue weighted by atomic mass is 16.7. The van der Waals surface area contributed by atoms with Gasteiger partial charge in [-0.3, -0.25) is 4.98 Å². The summed E-state index contributed by atoms with van der Waals surface area (Å²) in [6.07, 6.45) is 15.6. The van der Waals surface area contributed by atoms with E-state index < -0.39 is 0 Å². The quantitative estimate of drug-likeness (QED) is 0.255. The Labute approximate surface area is 201 Å². The van der Waals surface area contributed by atoms with E-state index in [2.05, 4.69) is 37.0 Å². The molecule has 1 aliphatic heterocycles. The summed E-state index contributed by atoms with van der Waals surface area (Å²) in [7, 11) is 0. The maximum atomic E-state index is 5.99. The summed E-state index contributed by atoms with van der Waals surface area (Å²) in [6, 6.07) is 12.3. The standard InChI is InChI=1S/C29H43NO3/c1-3-5-7-9-10-12-20-31-27-17-14-25(15-18-27)28-19-16-26(21-30-28)29-32-22-24(23-33-29)13-11-8-6-4-2/h14-19,21,24,29H,3-13,20,22-23H2,1-2H3. The molecule has 4 heteroatoms. The van der Waals surface area contributed by atoms with Crippen molar-refractivity contribution in [2.45, 2.75) is 90.8 Å². The van der Waals surface area contributed by atoms with E-state index >= 15 is 0 Å². The molecule has 33 heavy (non-hydrogen) atoms. The van der Waals surface area contributed by atoms with Gasteiger partial charge in [0.1, 0.15) is 5.75 Å². The third kappa shape index (κ3) is 9.10. The third-order valence-electron chi connectivity index (χ3n) is 6.41. The molecule has 0 aliphatic carbocycles. The number of unbranched alkanes of at least 4 members (excludes halogenated alkanes) is 8. The summed E-state index contributed by atoms with van der Waals surface area (Å²) in [5, 5.41) is 0. The van der Waals surface area contributed by atoms with Crippen LogP contribution in [0.3, 0.4) is 0 Å². The lowest BCUT2D eigenvalue weighted by Gasteiger charge is -2.29. The topological polar surface area (TPSA) is 40.6 Å². The fourth-order valence-electron chi connectivity index (χ4n) is 4.27. The number of pyridine rings is 1. The van der Waals surface area contributed by atoms with E-state index in [1.165, 1.54) is 64.2 Å². The van der Waals surface area contributed by atoms with Crippen molar-refractivity contribution < 1.29 is 14.2 Å². The van der Waals surface area contributed by atoms with Gasteiger partial charge in [-0.25, -0.2) is 0 Å². The van der Waals surface area contributed by atoms with Gasteiger partial charge < -0.3 is 14.2 Å². The zero-order valence-electron chi connectivity index (χ0n) is 20.8. The summed E-state index contributed by atoms with van der Waals surface area (Å²) in [6.45, 7) is 6.84.